The first-order valence-corrected chi connectivity index (χ1v) is 13.4. The van der Waals surface area contributed by atoms with Crippen molar-refractivity contribution in [3.63, 3.8) is 0 Å². The third-order valence-corrected chi connectivity index (χ3v) is 8.02. The summed E-state index contributed by atoms with van der Waals surface area (Å²) in [5, 5.41) is 37.3. The number of thioether (sulfide) groups is 2. The first-order valence-electron chi connectivity index (χ1n) is 10.4. The van der Waals surface area contributed by atoms with Crippen LogP contribution in [0.5, 0.6) is 0 Å². The smallest absolute Gasteiger partial charge is 0.352 e. The number of hydrogen-bond acceptors (Lipinski definition) is 14. The van der Waals surface area contributed by atoms with Gasteiger partial charge in [0.15, 0.2) is 10.8 Å². The molecule has 0 spiro atoms. The molecule has 5 N–H and O–H groups in total. The Bertz CT molecular complexity index is 1310. The van der Waals surface area contributed by atoms with E-state index in [1.54, 1.807) is 6.92 Å². The molecule has 1 fully saturated rings. The zero-order valence-electron chi connectivity index (χ0n) is 18.9. The largest absolute Gasteiger partial charge is 0.480 e. The number of nitrogens with zero attached hydrogens (tertiary/aromatic N) is 7. The molecule has 0 saturated carbocycles. The van der Waals surface area contributed by atoms with Gasteiger partial charge in [0.2, 0.25) is 5.16 Å². The van der Waals surface area contributed by atoms with E-state index >= 15 is 0 Å². The van der Waals surface area contributed by atoms with Gasteiger partial charge in [0.25, 0.3) is 11.8 Å². The highest BCUT2D eigenvalue weighted by Gasteiger charge is 2.54. The lowest BCUT2D eigenvalue weighted by molar-refractivity contribution is -0.150. The zero-order chi connectivity index (χ0) is 26.7. The molecule has 2 aromatic rings. The summed E-state index contributed by atoms with van der Waals surface area (Å²) < 4.78 is 1.07. The Hall–Kier alpha value is -3.71. The molecule has 2 aliphatic heterocycles. The number of thiazole rings is 1. The van der Waals surface area contributed by atoms with Crippen molar-refractivity contribution >= 4 is 69.5 Å². The molecule has 0 aliphatic carbocycles. The van der Waals surface area contributed by atoms with Gasteiger partial charge >= 0.3 is 11.9 Å². The first-order chi connectivity index (χ1) is 17.7. The van der Waals surface area contributed by atoms with E-state index in [9.17, 15) is 24.3 Å². The molecular formula is C18H19N9O7S3. The number of nitrogen functional groups attached to an aromatic ring is 1. The van der Waals surface area contributed by atoms with Gasteiger partial charge in [-0.05, 0) is 22.9 Å². The number of aromatic nitrogens is 5. The minimum atomic E-state index is -1.30. The van der Waals surface area contributed by atoms with E-state index < -0.39 is 41.7 Å². The van der Waals surface area contributed by atoms with E-state index in [4.69, 9.17) is 15.7 Å². The van der Waals surface area contributed by atoms with E-state index in [0.29, 0.717) is 5.57 Å². The fraction of sp³-hybridized carbons (Fsp3) is 0.389. The summed E-state index contributed by atoms with van der Waals surface area (Å²) in [5.41, 5.74) is 5.91. The summed E-state index contributed by atoms with van der Waals surface area (Å²) in [6.07, 6.45) is 0. The topological polar surface area (TPSA) is 228 Å². The van der Waals surface area contributed by atoms with Crippen LogP contribution in [0, 0.1) is 0 Å². The van der Waals surface area contributed by atoms with Crippen molar-refractivity contribution in [1.82, 2.24) is 35.4 Å². The van der Waals surface area contributed by atoms with E-state index in [1.807, 2.05) is 0 Å². The third kappa shape index (κ3) is 5.52. The predicted molar refractivity (Wildman–Crippen MR) is 131 cm³/mol. The molecular weight excluding hydrogens is 550 g/mol. The highest BCUT2D eigenvalue weighted by atomic mass is 32.2. The maximum atomic E-state index is 13.0. The van der Waals surface area contributed by atoms with Crippen LogP contribution in [0.15, 0.2) is 27.0 Å². The monoisotopic (exact) mass is 569 g/mol. The van der Waals surface area contributed by atoms with Gasteiger partial charge in [-0.1, -0.05) is 16.9 Å². The Morgan fingerprint density at radius 3 is 2.81 bits per heavy atom. The molecule has 196 valence electrons. The zero-order valence-corrected chi connectivity index (χ0v) is 21.4. The van der Waals surface area contributed by atoms with Gasteiger partial charge in [-0.2, -0.15) is 0 Å². The number of hydrogen-bond donors (Lipinski definition) is 4. The Labute approximate surface area is 220 Å². The number of fused-ring (bicyclic) bond motifs is 1. The maximum absolute atomic E-state index is 13.0. The average Bonchev–Trinajstić information content (AvgIpc) is 3.48. The summed E-state index contributed by atoms with van der Waals surface area (Å²) in [6.45, 7) is 1.43. The number of carbonyl (C=O) groups is 4. The van der Waals surface area contributed by atoms with E-state index in [2.05, 4.69) is 31.0 Å². The van der Waals surface area contributed by atoms with Crippen LogP contribution in [0.3, 0.4) is 0 Å². The van der Waals surface area contributed by atoms with E-state index in [1.165, 1.54) is 17.1 Å². The summed E-state index contributed by atoms with van der Waals surface area (Å²) in [6, 6.07) is -0.994. The van der Waals surface area contributed by atoms with Crippen LogP contribution in [0.1, 0.15) is 12.6 Å². The number of amides is 2. The van der Waals surface area contributed by atoms with Crippen molar-refractivity contribution in [3.05, 3.63) is 22.3 Å². The molecule has 2 atom stereocenters. The number of oxime groups is 1. The highest BCUT2D eigenvalue weighted by Crippen LogP contribution is 2.41. The van der Waals surface area contributed by atoms with Crippen LogP contribution in [-0.2, 0) is 30.6 Å². The van der Waals surface area contributed by atoms with Crippen LogP contribution in [0.4, 0.5) is 5.13 Å². The summed E-state index contributed by atoms with van der Waals surface area (Å²) in [4.78, 5) is 59.1. The number of carbonyl (C=O) groups excluding carboxylic acids is 2. The number of anilines is 1. The minimum Gasteiger partial charge on any atom is -0.480 e. The second-order valence-corrected chi connectivity index (χ2v) is 10.3. The molecule has 19 heteroatoms. The van der Waals surface area contributed by atoms with E-state index in [-0.39, 0.29) is 45.5 Å². The van der Waals surface area contributed by atoms with Crippen LogP contribution in [-0.4, -0.2) is 99.3 Å². The van der Waals surface area contributed by atoms with Crippen LogP contribution < -0.4 is 11.1 Å². The number of tetrazole rings is 1. The molecule has 2 aliphatic rings. The SMILES string of the molecule is CCO/N=C(\C(=O)NC1C(=O)N2C(C(=O)O)=C(CSc3nnnn3CC(=O)O)CS[C@H]12)c1csc(N)n1. The van der Waals surface area contributed by atoms with Crippen molar-refractivity contribution in [3.8, 4) is 0 Å². The highest BCUT2D eigenvalue weighted by molar-refractivity contribution is 8.01. The van der Waals surface area contributed by atoms with Gasteiger partial charge < -0.3 is 26.1 Å². The quantitative estimate of drug-likeness (QED) is 0.111. The molecule has 2 amide bonds. The number of aliphatic carboxylic acids is 2. The number of carboxylic acids is 2. The molecule has 16 nitrogen and oxygen atoms in total. The van der Waals surface area contributed by atoms with Crippen LogP contribution >= 0.6 is 34.9 Å². The van der Waals surface area contributed by atoms with Crippen molar-refractivity contribution < 1.29 is 34.2 Å². The molecule has 1 unspecified atom stereocenters. The number of rotatable bonds is 11. The molecule has 0 aromatic carbocycles. The fourth-order valence-corrected chi connectivity index (χ4v) is 6.32. The predicted octanol–water partition coefficient (Wildman–Crippen LogP) is -0.932. The molecule has 37 heavy (non-hydrogen) atoms. The maximum Gasteiger partial charge on any atom is 0.352 e. The minimum absolute atomic E-state index is 0.110. The average molecular weight is 570 g/mol. The van der Waals surface area contributed by atoms with Gasteiger partial charge in [0.05, 0.1) is 0 Å². The van der Waals surface area contributed by atoms with Gasteiger partial charge in [-0.25, -0.2) is 14.5 Å². The molecule has 4 rings (SSSR count). The lowest BCUT2D eigenvalue weighted by atomic mass is 10.0. The Morgan fingerprint density at radius 2 is 2.16 bits per heavy atom. The Kier molecular flexibility index (Phi) is 7.93. The summed E-state index contributed by atoms with van der Waals surface area (Å²) >= 11 is 3.43. The molecule has 1 saturated heterocycles. The fourth-order valence-electron chi connectivity index (χ4n) is 3.41. The van der Waals surface area contributed by atoms with Crippen LogP contribution in [0.2, 0.25) is 0 Å². The standard InChI is InChI=1S/C18H19N9O7S3/c1-2-34-23-10(8-6-36-17(19)20-8)13(30)21-11-14(31)27-12(16(32)33)7(4-35-15(11)27)5-37-18-22-24-25-26(18)3-9(28)29/h6,11,15H,2-5H2,1H3,(H2,19,20)(H,21,30)(H,28,29)(H,32,33)/b23-10-/t11?,15-/m1/s1. The molecule has 0 bridgehead atoms. The van der Waals surface area contributed by atoms with Crippen LogP contribution in [0.25, 0.3) is 0 Å². The molecule has 0 radical (unpaired) electrons. The Balaban J connectivity index is 1.48. The lowest BCUT2D eigenvalue weighted by Gasteiger charge is -2.49. The van der Waals surface area contributed by atoms with Crippen molar-refractivity contribution in [2.45, 2.75) is 30.0 Å². The molecule has 4 heterocycles. The van der Waals surface area contributed by atoms with Crippen molar-refractivity contribution in [2.75, 3.05) is 23.8 Å². The van der Waals surface area contributed by atoms with E-state index in [0.717, 1.165) is 32.7 Å². The number of nitrogens with one attached hydrogen (secondary N) is 1. The van der Waals surface area contributed by atoms with Crippen molar-refractivity contribution in [1.29, 1.82) is 0 Å². The first kappa shape index (κ1) is 26.4. The second-order valence-electron chi connectivity index (χ2n) is 7.35. The Morgan fingerprint density at radius 1 is 1.38 bits per heavy atom. The number of β-lactam (4-membered cyclic amide) rings is 1. The summed E-state index contributed by atoms with van der Waals surface area (Å²) in [7, 11) is 0. The second kappa shape index (κ2) is 11.1. The summed E-state index contributed by atoms with van der Waals surface area (Å²) in [5.74, 6) is -3.40. The van der Waals surface area contributed by atoms with Crippen molar-refractivity contribution in [2.24, 2.45) is 5.16 Å². The van der Waals surface area contributed by atoms with Gasteiger partial charge in [0.1, 0.15) is 36.0 Å². The number of nitrogens with two attached hydrogens (primary N) is 1. The van der Waals surface area contributed by atoms with Gasteiger partial charge in [-0.15, -0.1) is 28.2 Å². The lowest BCUT2D eigenvalue weighted by Crippen LogP contribution is -2.71. The third-order valence-electron chi connectivity index (χ3n) is 4.96. The normalized spacial score (nSPS) is 19.3. The molecule has 2 aromatic heterocycles. The van der Waals surface area contributed by atoms with Gasteiger partial charge in [0, 0.05) is 16.9 Å². The van der Waals surface area contributed by atoms with Gasteiger partial charge in [-0.3, -0.25) is 19.3 Å². The number of carboxylic acid groups (broad SMARTS) is 2.